The fraction of sp³-hybridized carbons (Fsp3) is 0.750. The molecule has 0 aromatic heterocycles. The molecule has 0 aromatic carbocycles. The van der Waals surface area contributed by atoms with E-state index in [1.54, 1.807) is 0 Å². The molecule has 0 bridgehead atoms. The number of rotatable bonds is 6. The van der Waals surface area contributed by atoms with E-state index in [4.69, 9.17) is 15.2 Å². The average Bonchev–Trinajstić information content (AvgIpc) is 2.01. The number of hydrogen-bond donors (Lipinski definition) is 1. The standard InChI is InChI=1S/C8H17NO2/c1-3-10-8(11-4-2)6-5-7-9/h5-6,8H,3-4,7,9H2,1-2H3/b6-5+. The molecule has 0 rings (SSSR count). The molecule has 3 heteroatoms. The highest BCUT2D eigenvalue weighted by molar-refractivity contribution is 4.85. The third-order valence-corrected chi connectivity index (χ3v) is 1.09. The first-order chi connectivity index (χ1) is 5.35. The minimum Gasteiger partial charge on any atom is -0.349 e. The second-order valence-corrected chi connectivity index (χ2v) is 1.94. The van der Waals surface area contributed by atoms with Gasteiger partial charge in [-0.25, -0.2) is 0 Å². The van der Waals surface area contributed by atoms with Crippen LogP contribution in [0.15, 0.2) is 12.2 Å². The van der Waals surface area contributed by atoms with Gasteiger partial charge in [0.2, 0.25) is 0 Å². The molecule has 0 aliphatic rings. The maximum Gasteiger partial charge on any atom is 0.176 e. The summed E-state index contributed by atoms with van der Waals surface area (Å²) < 4.78 is 10.4. The van der Waals surface area contributed by atoms with Crippen molar-refractivity contribution >= 4 is 0 Å². The van der Waals surface area contributed by atoms with Crippen LogP contribution >= 0.6 is 0 Å². The lowest BCUT2D eigenvalue weighted by Crippen LogP contribution is -2.14. The van der Waals surface area contributed by atoms with Gasteiger partial charge in [-0.05, 0) is 19.9 Å². The fourth-order valence-corrected chi connectivity index (χ4v) is 0.677. The van der Waals surface area contributed by atoms with E-state index in [9.17, 15) is 0 Å². The zero-order valence-corrected chi connectivity index (χ0v) is 7.25. The first-order valence-corrected chi connectivity index (χ1v) is 3.95. The Morgan fingerprint density at radius 1 is 1.27 bits per heavy atom. The number of ether oxygens (including phenoxy) is 2. The molecule has 0 atom stereocenters. The molecular weight excluding hydrogens is 142 g/mol. The van der Waals surface area contributed by atoms with Crippen LogP contribution in [0.4, 0.5) is 0 Å². The van der Waals surface area contributed by atoms with Gasteiger partial charge in [-0.2, -0.15) is 0 Å². The minimum atomic E-state index is -0.228. The summed E-state index contributed by atoms with van der Waals surface area (Å²) in [5, 5.41) is 0. The highest BCUT2D eigenvalue weighted by Crippen LogP contribution is 1.95. The van der Waals surface area contributed by atoms with Crippen molar-refractivity contribution in [3.8, 4) is 0 Å². The molecule has 0 aromatic rings. The third-order valence-electron chi connectivity index (χ3n) is 1.09. The quantitative estimate of drug-likeness (QED) is 0.462. The molecule has 0 saturated carbocycles. The van der Waals surface area contributed by atoms with Crippen LogP contribution in [-0.4, -0.2) is 26.0 Å². The Kier molecular flexibility index (Phi) is 7.46. The van der Waals surface area contributed by atoms with E-state index in [2.05, 4.69) is 0 Å². The van der Waals surface area contributed by atoms with Crippen LogP contribution in [0.3, 0.4) is 0 Å². The molecule has 0 fully saturated rings. The maximum atomic E-state index is 5.27. The van der Waals surface area contributed by atoms with Gasteiger partial charge >= 0.3 is 0 Å². The van der Waals surface area contributed by atoms with Crippen LogP contribution in [0.2, 0.25) is 0 Å². The van der Waals surface area contributed by atoms with Gasteiger partial charge in [-0.15, -0.1) is 0 Å². The van der Waals surface area contributed by atoms with Crippen molar-refractivity contribution in [2.24, 2.45) is 5.73 Å². The topological polar surface area (TPSA) is 44.5 Å². The first kappa shape index (κ1) is 10.6. The molecule has 0 unspecified atom stereocenters. The molecule has 3 nitrogen and oxygen atoms in total. The molecule has 0 radical (unpaired) electrons. The van der Waals surface area contributed by atoms with Gasteiger partial charge in [0.15, 0.2) is 6.29 Å². The van der Waals surface area contributed by atoms with Gasteiger partial charge in [0.05, 0.1) is 0 Å². The molecule has 2 N–H and O–H groups in total. The summed E-state index contributed by atoms with van der Waals surface area (Å²) in [6.45, 7) is 5.69. The average molecular weight is 159 g/mol. The molecular formula is C8H17NO2. The molecule has 0 aliphatic heterocycles. The van der Waals surface area contributed by atoms with E-state index < -0.39 is 0 Å². The predicted octanol–water partition coefficient (Wildman–Crippen LogP) is 0.900. The Balaban J connectivity index is 3.58. The second kappa shape index (κ2) is 7.72. The van der Waals surface area contributed by atoms with Crippen molar-refractivity contribution in [3.05, 3.63) is 12.2 Å². The summed E-state index contributed by atoms with van der Waals surface area (Å²) >= 11 is 0. The van der Waals surface area contributed by atoms with Crippen LogP contribution in [0.1, 0.15) is 13.8 Å². The first-order valence-electron chi connectivity index (χ1n) is 3.95. The summed E-state index contributed by atoms with van der Waals surface area (Å²) in [6, 6.07) is 0. The zero-order chi connectivity index (χ0) is 8.53. The van der Waals surface area contributed by atoms with Gasteiger partial charge in [0.25, 0.3) is 0 Å². The summed E-state index contributed by atoms with van der Waals surface area (Å²) in [5.41, 5.74) is 5.27. The van der Waals surface area contributed by atoms with E-state index in [0.29, 0.717) is 19.8 Å². The predicted molar refractivity (Wildman–Crippen MR) is 45.2 cm³/mol. The van der Waals surface area contributed by atoms with Crippen molar-refractivity contribution in [3.63, 3.8) is 0 Å². The second-order valence-electron chi connectivity index (χ2n) is 1.94. The van der Waals surface area contributed by atoms with E-state index >= 15 is 0 Å². The smallest absolute Gasteiger partial charge is 0.176 e. The van der Waals surface area contributed by atoms with Crippen LogP contribution < -0.4 is 5.73 Å². The fourth-order valence-electron chi connectivity index (χ4n) is 0.677. The zero-order valence-electron chi connectivity index (χ0n) is 7.25. The lowest BCUT2D eigenvalue weighted by molar-refractivity contribution is -0.104. The molecule has 66 valence electrons. The minimum absolute atomic E-state index is 0.228. The molecule has 0 amide bonds. The van der Waals surface area contributed by atoms with E-state index in [-0.39, 0.29) is 6.29 Å². The van der Waals surface area contributed by atoms with Crippen molar-refractivity contribution < 1.29 is 9.47 Å². The molecule has 11 heavy (non-hydrogen) atoms. The highest BCUT2D eigenvalue weighted by atomic mass is 16.7. The van der Waals surface area contributed by atoms with E-state index in [1.807, 2.05) is 26.0 Å². The molecule has 0 aliphatic carbocycles. The van der Waals surface area contributed by atoms with Crippen molar-refractivity contribution in [2.45, 2.75) is 20.1 Å². The van der Waals surface area contributed by atoms with Crippen molar-refractivity contribution in [1.82, 2.24) is 0 Å². The summed E-state index contributed by atoms with van der Waals surface area (Å²) in [7, 11) is 0. The Morgan fingerprint density at radius 3 is 2.18 bits per heavy atom. The van der Waals surface area contributed by atoms with Gasteiger partial charge in [-0.3, -0.25) is 0 Å². The Hall–Kier alpha value is -0.380. The van der Waals surface area contributed by atoms with Gasteiger partial charge in [0, 0.05) is 19.8 Å². The Bertz CT molecular complexity index is 98.3. The summed E-state index contributed by atoms with van der Waals surface area (Å²) in [5.74, 6) is 0. The van der Waals surface area contributed by atoms with Crippen LogP contribution in [0.25, 0.3) is 0 Å². The molecule has 0 heterocycles. The van der Waals surface area contributed by atoms with Crippen LogP contribution in [-0.2, 0) is 9.47 Å². The monoisotopic (exact) mass is 159 g/mol. The van der Waals surface area contributed by atoms with Gasteiger partial charge in [0.1, 0.15) is 0 Å². The molecule has 0 saturated heterocycles. The number of hydrogen-bond acceptors (Lipinski definition) is 3. The van der Waals surface area contributed by atoms with Crippen LogP contribution in [0, 0.1) is 0 Å². The lowest BCUT2D eigenvalue weighted by atomic mass is 10.5. The Morgan fingerprint density at radius 2 is 1.82 bits per heavy atom. The summed E-state index contributed by atoms with van der Waals surface area (Å²) in [4.78, 5) is 0. The highest BCUT2D eigenvalue weighted by Gasteiger charge is 1.99. The molecule has 0 spiro atoms. The maximum absolute atomic E-state index is 5.27. The largest absolute Gasteiger partial charge is 0.349 e. The van der Waals surface area contributed by atoms with E-state index in [1.165, 1.54) is 0 Å². The van der Waals surface area contributed by atoms with Gasteiger partial charge in [-0.1, -0.05) is 6.08 Å². The SMILES string of the molecule is CCOC(/C=C/CN)OCC. The van der Waals surface area contributed by atoms with Crippen molar-refractivity contribution in [1.29, 1.82) is 0 Å². The third kappa shape index (κ3) is 6.04. The Labute approximate surface area is 68.2 Å². The summed E-state index contributed by atoms with van der Waals surface area (Å²) in [6.07, 6.45) is 3.43. The van der Waals surface area contributed by atoms with Crippen LogP contribution in [0.5, 0.6) is 0 Å². The van der Waals surface area contributed by atoms with Crippen molar-refractivity contribution in [2.75, 3.05) is 19.8 Å². The normalized spacial score (nSPS) is 11.6. The van der Waals surface area contributed by atoms with E-state index in [0.717, 1.165) is 0 Å². The van der Waals surface area contributed by atoms with Gasteiger partial charge < -0.3 is 15.2 Å². The lowest BCUT2D eigenvalue weighted by Gasteiger charge is -2.11. The number of nitrogens with two attached hydrogens (primary N) is 1.